The van der Waals surface area contributed by atoms with Gasteiger partial charge >= 0.3 is 39.5 Å². The molecule has 0 rings (SSSR count). The predicted octanol–water partition coefficient (Wildman–Crippen LogP) is 25.5. The number of carbonyl (C=O) groups excluding carboxylic acids is 4. The van der Waals surface area contributed by atoms with Crippen LogP contribution in [0.25, 0.3) is 0 Å². The third kappa shape index (κ3) is 78.0. The molecule has 103 heavy (non-hydrogen) atoms. The molecule has 0 spiro atoms. The van der Waals surface area contributed by atoms with E-state index < -0.39 is 97.5 Å². The molecule has 17 nitrogen and oxygen atoms in total. The van der Waals surface area contributed by atoms with E-state index in [1.807, 2.05) is 0 Å². The van der Waals surface area contributed by atoms with Crippen molar-refractivity contribution in [3.63, 3.8) is 0 Å². The molecule has 0 fully saturated rings. The van der Waals surface area contributed by atoms with Crippen LogP contribution < -0.4 is 0 Å². The summed E-state index contributed by atoms with van der Waals surface area (Å²) in [4.78, 5) is 73.1. The van der Waals surface area contributed by atoms with E-state index in [1.165, 1.54) is 257 Å². The fourth-order valence-electron chi connectivity index (χ4n) is 13.1. The zero-order chi connectivity index (χ0) is 75.6. The van der Waals surface area contributed by atoms with Crippen LogP contribution in [0.15, 0.2) is 0 Å². The predicted molar refractivity (Wildman–Crippen MR) is 423 cm³/mol. The van der Waals surface area contributed by atoms with Gasteiger partial charge in [0.2, 0.25) is 0 Å². The SMILES string of the molecule is CCCCCCCCCCCCCCCCCCCCCCCCC(=O)O[C@H](COC(=O)CCCCCCCCCCCCCCCCCCCCC)COP(=O)(O)OC[C@@H](O)COP(=O)(O)OC[C@@H](COC(=O)CCCCCCCCCC(C)C)OC(=O)CCCCCCCCCCCC(C)C. The van der Waals surface area contributed by atoms with Crippen LogP contribution in [0.5, 0.6) is 0 Å². The van der Waals surface area contributed by atoms with Crippen molar-refractivity contribution in [1.82, 2.24) is 0 Å². The molecule has 0 heterocycles. The number of ether oxygens (including phenoxy) is 4. The van der Waals surface area contributed by atoms with E-state index in [-0.39, 0.29) is 25.7 Å². The molecule has 612 valence electrons. The Morgan fingerprint density at radius 3 is 0.660 bits per heavy atom. The van der Waals surface area contributed by atoms with Gasteiger partial charge in [-0.15, -0.1) is 0 Å². The minimum absolute atomic E-state index is 0.105. The minimum Gasteiger partial charge on any atom is -0.462 e. The van der Waals surface area contributed by atoms with E-state index in [0.29, 0.717) is 31.6 Å². The summed E-state index contributed by atoms with van der Waals surface area (Å²) < 4.78 is 68.8. The number of aliphatic hydroxyl groups is 1. The number of hydrogen-bond donors (Lipinski definition) is 3. The second-order valence-corrected chi connectivity index (χ2v) is 34.1. The van der Waals surface area contributed by atoms with Crippen LogP contribution in [0.4, 0.5) is 0 Å². The smallest absolute Gasteiger partial charge is 0.462 e. The van der Waals surface area contributed by atoms with Crippen molar-refractivity contribution < 1.29 is 80.2 Å². The molecule has 0 aliphatic heterocycles. The van der Waals surface area contributed by atoms with Crippen LogP contribution >= 0.6 is 15.6 Å². The standard InChI is InChI=1S/C84H164O17P2/c1-7-9-11-13-15-17-19-21-23-25-27-28-29-31-33-35-37-39-43-49-56-62-68-83(88)100-79(72-94-81(86)66-60-54-48-42-38-36-34-32-30-26-24-22-20-18-16-14-12-10-8-2)74-98-102(90,91)96-70-78(85)71-97-103(92,93)99-75-80(73-95-82(87)67-61-55-51-45-47-53-59-65-77(5)6)101-84(89)69-63-57-50-44-40-41-46-52-58-64-76(3)4/h76-80,85H,7-75H2,1-6H3,(H,90,91)(H,92,93)/t78-,79-,80-/m1/s1. The van der Waals surface area contributed by atoms with Crippen molar-refractivity contribution in [2.45, 2.75) is 464 Å². The molecule has 3 N–H and O–H groups in total. The highest BCUT2D eigenvalue weighted by Gasteiger charge is 2.30. The summed E-state index contributed by atoms with van der Waals surface area (Å²) in [6.07, 6.45) is 67.0. The highest BCUT2D eigenvalue weighted by atomic mass is 31.2. The quantitative estimate of drug-likeness (QED) is 0.0222. The van der Waals surface area contributed by atoms with Gasteiger partial charge < -0.3 is 33.8 Å². The van der Waals surface area contributed by atoms with Gasteiger partial charge in [-0.25, -0.2) is 9.13 Å². The van der Waals surface area contributed by atoms with Crippen molar-refractivity contribution in [3.05, 3.63) is 0 Å². The average Bonchev–Trinajstić information content (AvgIpc) is 0.916. The van der Waals surface area contributed by atoms with Crippen molar-refractivity contribution in [1.29, 1.82) is 0 Å². The molecule has 0 amide bonds. The van der Waals surface area contributed by atoms with Crippen LogP contribution in [0, 0.1) is 11.8 Å². The van der Waals surface area contributed by atoms with Gasteiger partial charge in [-0.3, -0.25) is 37.3 Å². The number of carbonyl (C=O) groups is 4. The lowest BCUT2D eigenvalue weighted by atomic mass is 10.0. The van der Waals surface area contributed by atoms with Crippen LogP contribution in [-0.4, -0.2) is 96.7 Å². The Kier molecular flexibility index (Phi) is 74.1. The lowest BCUT2D eigenvalue weighted by Crippen LogP contribution is -2.30. The highest BCUT2D eigenvalue weighted by molar-refractivity contribution is 7.47. The number of unbranched alkanes of at least 4 members (excludes halogenated alkanes) is 53. The van der Waals surface area contributed by atoms with E-state index in [4.69, 9.17) is 37.0 Å². The molecular formula is C84H164O17P2. The largest absolute Gasteiger partial charge is 0.472 e. The lowest BCUT2D eigenvalue weighted by molar-refractivity contribution is -0.161. The molecule has 2 unspecified atom stereocenters. The Balaban J connectivity index is 5.20. The molecule has 0 bridgehead atoms. The molecule has 0 aromatic carbocycles. The Morgan fingerprint density at radius 1 is 0.262 bits per heavy atom. The Labute approximate surface area is 632 Å². The zero-order valence-electron chi connectivity index (χ0n) is 67.6. The van der Waals surface area contributed by atoms with Crippen molar-refractivity contribution >= 4 is 39.5 Å². The first-order valence-corrected chi connectivity index (χ1v) is 46.5. The van der Waals surface area contributed by atoms with Gasteiger partial charge in [-0.1, -0.05) is 395 Å². The number of phosphoric acid groups is 2. The van der Waals surface area contributed by atoms with E-state index in [0.717, 1.165) is 102 Å². The monoisotopic (exact) mass is 1510 g/mol. The third-order valence-electron chi connectivity index (χ3n) is 19.7. The molecule has 0 aromatic heterocycles. The summed E-state index contributed by atoms with van der Waals surface area (Å²) in [7, 11) is -9.92. The first-order valence-electron chi connectivity index (χ1n) is 43.5. The van der Waals surface area contributed by atoms with E-state index >= 15 is 0 Å². The number of phosphoric ester groups is 2. The summed E-state index contributed by atoms with van der Waals surface area (Å²) in [5.41, 5.74) is 0. The third-order valence-corrected chi connectivity index (χ3v) is 21.6. The maximum atomic E-state index is 13.1. The molecule has 0 aliphatic carbocycles. The lowest BCUT2D eigenvalue weighted by Gasteiger charge is -2.21. The van der Waals surface area contributed by atoms with E-state index in [9.17, 15) is 43.2 Å². The molecule has 0 saturated carbocycles. The number of hydrogen-bond acceptors (Lipinski definition) is 15. The van der Waals surface area contributed by atoms with Gasteiger partial charge in [-0.05, 0) is 37.5 Å². The first-order chi connectivity index (χ1) is 49.9. The zero-order valence-corrected chi connectivity index (χ0v) is 69.4. The van der Waals surface area contributed by atoms with Crippen molar-refractivity contribution in [3.8, 4) is 0 Å². The van der Waals surface area contributed by atoms with Crippen LogP contribution in [-0.2, 0) is 65.4 Å². The summed E-state index contributed by atoms with van der Waals surface area (Å²) in [6.45, 7) is 9.56. The Morgan fingerprint density at radius 2 is 0.447 bits per heavy atom. The van der Waals surface area contributed by atoms with Crippen molar-refractivity contribution in [2.75, 3.05) is 39.6 Å². The number of esters is 4. The Hall–Kier alpha value is -1.94. The van der Waals surface area contributed by atoms with Gasteiger partial charge in [0.25, 0.3) is 0 Å². The van der Waals surface area contributed by atoms with Crippen molar-refractivity contribution in [2.24, 2.45) is 11.8 Å². The Bertz CT molecular complexity index is 1980. The number of aliphatic hydroxyl groups excluding tert-OH is 1. The van der Waals surface area contributed by atoms with Crippen LogP contribution in [0.3, 0.4) is 0 Å². The molecule has 19 heteroatoms. The maximum Gasteiger partial charge on any atom is 0.472 e. The molecule has 0 radical (unpaired) electrons. The van der Waals surface area contributed by atoms with Gasteiger partial charge in [-0.2, -0.15) is 0 Å². The van der Waals surface area contributed by atoms with E-state index in [2.05, 4.69) is 41.5 Å². The molecule has 0 saturated heterocycles. The normalized spacial score (nSPS) is 13.9. The minimum atomic E-state index is -4.96. The molecule has 0 aromatic rings. The average molecular weight is 1510 g/mol. The fraction of sp³-hybridized carbons (Fsp3) is 0.952. The second kappa shape index (κ2) is 75.5. The van der Waals surface area contributed by atoms with Gasteiger partial charge in [0.1, 0.15) is 19.3 Å². The van der Waals surface area contributed by atoms with Crippen LogP contribution in [0.2, 0.25) is 0 Å². The summed E-state index contributed by atoms with van der Waals surface area (Å²) in [5.74, 6) is -0.668. The molecular weight excluding hydrogens is 1340 g/mol. The highest BCUT2D eigenvalue weighted by Crippen LogP contribution is 2.45. The molecule has 0 aliphatic rings. The van der Waals surface area contributed by atoms with Gasteiger partial charge in [0, 0.05) is 25.7 Å². The summed E-state index contributed by atoms with van der Waals surface area (Å²) >= 11 is 0. The van der Waals surface area contributed by atoms with Gasteiger partial charge in [0.05, 0.1) is 26.4 Å². The topological polar surface area (TPSA) is 237 Å². The maximum absolute atomic E-state index is 13.1. The summed E-state index contributed by atoms with van der Waals surface area (Å²) in [6, 6.07) is 0. The fourth-order valence-corrected chi connectivity index (χ4v) is 14.6. The number of rotatable bonds is 83. The van der Waals surface area contributed by atoms with E-state index in [1.54, 1.807) is 0 Å². The summed E-state index contributed by atoms with van der Waals surface area (Å²) in [5, 5.41) is 10.7. The first kappa shape index (κ1) is 101. The van der Waals surface area contributed by atoms with Gasteiger partial charge in [0.15, 0.2) is 12.2 Å². The second-order valence-electron chi connectivity index (χ2n) is 31.2. The van der Waals surface area contributed by atoms with Crippen LogP contribution in [0.1, 0.15) is 446 Å². The molecule has 5 atom stereocenters.